The highest BCUT2D eigenvalue weighted by Gasteiger charge is 2.31. The van der Waals surface area contributed by atoms with Gasteiger partial charge >= 0.3 is 6.18 Å². The monoisotopic (exact) mass is 419 g/mol. The number of rotatable bonds is 5. The highest BCUT2D eigenvalue weighted by molar-refractivity contribution is 6.33. The molecule has 0 saturated carbocycles. The number of amides is 1. The molecule has 7 heteroatoms. The summed E-state index contributed by atoms with van der Waals surface area (Å²) in [5.41, 5.74) is 1.01. The van der Waals surface area contributed by atoms with Crippen LogP contribution in [-0.2, 0) is 11.0 Å². The fourth-order valence-corrected chi connectivity index (χ4v) is 2.81. The van der Waals surface area contributed by atoms with E-state index in [-0.39, 0.29) is 10.7 Å². The van der Waals surface area contributed by atoms with E-state index in [9.17, 15) is 18.0 Å². The second-order valence-corrected chi connectivity index (χ2v) is 6.74. The number of hydrogen-bond acceptors (Lipinski definition) is 2. The summed E-state index contributed by atoms with van der Waals surface area (Å²) in [7, 11) is 0. The maximum atomic E-state index is 12.9. The molecule has 0 aliphatic carbocycles. The van der Waals surface area contributed by atoms with Crippen LogP contribution in [0.5, 0.6) is 5.75 Å². The van der Waals surface area contributed by atoms with Crippen molar-refractivity contribution in [2.24, 2.45) is 0 Å². The molecule has 29 heavy (non-hydrogen) atoms. The van der Waals surface area contributed by atoms with Gasteiger partial charge in [0.1, 0.15) is 5.75 Å². The molecular formula is C22H17ClF3NO2. The van der Waals surface area contributed by atoms with Gasteiger partial charge in [0.25, 0.3) is 5.91 Å². The summed E-state index contributed by atoms with van der Waals surface area (Å²) in [6, 6.07) is 19.7. The largest absolute Gasteiger partial charge is 0.481 e. The Hall–Kier alpha value is -2.99. The first kappa shape index (κ1) is 20.7. The van der Waals surface area contributed by atoms with E-state index in [1.165, 1.54) is 6.92 Å². The number of hydrogen-bond donors (Lipinski definition) is 1. The summed E-state index contributed by atoms with van der Waals surface area (Å²) in [5.74, 6) is -0.152. The Morgan fingerprint density at radius 3 is 2.21 bits per heavy atom. The van der Waals surface area contributed by atoms with Crippen LogP contribution < -0.4 is 10.1 Å². The Balaban J connectivity index is 1.67. The molecule has 1 N–H and O–H groups in total. The van der Waals surface area contributed by atoms with Crippen molar-refractivity contribution in [3.8, 4) is 16.9 Å². The molecule has 0 spiro atoms. The minimum atomic E-state index is -4.54. The molecule has 3 aromatic rings. The molecule has 3 rings (SSSR count). The Kier molecular flexibility index (Phi) is 6.13. The maximum absolute atomic E-state index is 12.9. The molecule has 0 heterocycles. The highest BCUT2D eigenvalue weighted by atomic mass is 35.5. The number of halogens is 4. The van der Waals surface area contributed by atoms with Gasteiger partial charge in [-0.3, -0.25) is 4.79 Å². The van der Waals surface area contributed by atoms with Gasteiger partial charge in [-0.1, -0.05) is 54.1 Å². The van der Waals surface area contributed by atoms with E-state index >= 15 is 0 Å². The van der Waals surface area contributed by atoms with E-state index in [0.29, 0.717) is 5.75 Å². The van der Waals surface area contributed by atoms with Crippen LogP contribution in [0.1, 0.15) is 12.5 Å². The average Bonchev–Trinajstić information content (AvgIpc) is 2.70. The van der Waals surface area contributed by atoms with Crippen LogP contribution >= 0.6 is 11.6 Å². The fraction of sp³-hybridized carbons (Fsp3) is 0.136. The smallest absolute Gasteiger partial charge is 0.416 e. The molecule has 0 fully saturated rings. The van der Waals surface area contributed by atoms with Crippen molar-refractivity contribution < 1.29 is 22.7 Å². The van der Waals surface area contributed by atoms with Crippen molar-refractivity contribution in [3.63, 3.8) is 0 Å². The number of anilines is 1. The van der Waals surface area contributed by atoms with Crippen molar-refractivity contribution in [1.82, 2.24) is 0 Å². The van der Waals surface area contributed by atoms with Gasteiger partial charge in [-0.25, -0.2) is 0 Å². The molecule has 1 unspecified atom stereocenters. The van der Waals surface area contributed by atoms with Gasteiger partial charge in [-0.2, -0.15) is 13.2 Å². The standard InChI is InChI=1S/C22H17ClF3NO2/c1-14(21(28)27-20-13-17(22(24,25)26)9-12-19(20)23)29-18-10-7-16(8-11-18)15-5-3-2-4-6-15/h2-14H,1H3,(H,27,28). The maximum Gasteiger partial charge on any atom is 0.416 e. The van der Waals surface area contributed by atoms with Crippen molar-refractivity contribution in [2.75, 3.05) is 5.32 Å². The fourth-order valence-electron chi connectivity index (χ4n) is 2.65. The Morgan fingerprint density at radius 1 is 0.966 bits per heavy atom. The number of alkyl halides is 3. The first-order valence-corrected chi connectivity index (χ1v) is 9.11. The summed E-state index contributed by atoms with van der Waals surface area (Å²) >= 11 is 5.91. The van der Waals surface area contributed by atoms with Gasteiger partial charge < -0.3 is 10.1 Å². The number of carbonyl (C=O) groups excluding carboxylic acids is 1. The van der Waals surface area contributed by atoms with Crippen LogP contribution in [0.15, 0.2) is 72.8 Å². The molecule has 3 nitrogen and oxygen atoms in total. The summed E-state index contributed by atoms with van der Waals surface area (Å²) in [6.07, 6.45) is -5.48. The first-order chi connectivity index (χ1) is 13.7. The quantitative estimate of drug-likeness (QED) is 0.517. The normalized spacial score (nSPS) is 12.3. The number of nitrogens with one attached hydrogen (secondary N) is 1. The summed E-state index contributed by atoms with van der Waals surface area (Å²) in [5, 5.41) is 2.39. The van der Waals surface area contributed by atoms with Gasteiger partial charge in [0.15, 0.2) is 6.10 Å². The van der Waals surface area contributed by atoms with Gasteiger partial charge in [0.05, 0.1) is 16.3 Å². The predicted octanol–water partition coefficient (Wildman–Crippen LogP) is 6.43. The van der Waals surface area contributed by atoms with Crippen molar-refractivity contribution in [2.45, 2.75) is 19.2 Å². The van der Waals surface area contributed by atoms with E-state index in [1.54, 1.807) is 12.1 Å². The number of benzene rings is 3. The zero-order valence-corrected chi connectivity index (χ0v) is 16.1. The minimum absolute atomic E-state index is 0.00534. The van der Waals surface area contributed by atoms with Gasteiger partial charge in [0, 0.05) is 0 Å². The first-order valence-electron chi connectivity index (χ1n) is 8.74. The third-order valence-corrected chi connectivity index (χ3v) is 4.52. The van der Waals surface area contributed by atoms with Crippen LogP contribution in [0.4, 0.5) is 18.9 Å². The lowest BCUT2D eigenvalue weighted by atomic mass is 10.1. The second kappa shape index (κ2) is 8.57. The summed E-state index contributed by atoms with van der Waals surface area (Å²) in [6.45, 7) is 1.50. The molecular weight excluding hydrogens is 403 g/mol. The molecule has 3 aromatic carbocycles. The molecule has 0 aromatic heterocycles. The topological polar surface area (TPSA) is 38.3 Å². The zero-order chi connectivity index (χ0) is 21.0. The van der Waals surface area contributed by atoms with Gasteiger partial charge in [-0.05, 0) is 48.4 Å². The molecule has 1 atom stereocenters. The minimum Gasteiger partial charge on any atom is -0.481 e. The highest BCUT2D eigenvalue weighted by Crippen LogP contribution is 2.34. The van der Waals surface area contributed by atoms with Gasteiger partial charge in [-0.15, -0.1) is 0 Å². The van der Waals surface area contributed by atoms with Crippen molar-refractivity contribution in [3.05, 3.63) is 83.4 Å². The van der Waals surface area contributed by atoms with Crippen molar-refractivity contribution in [1.29, 1.82) is 0 Å². The molecule has 150 valence electrons. The number of carbonyl (C=O) groups is 1. The third kappa shape index (κ3) is 5.29. The van der Waals surface area contributed by atoms with Crippen LogP contribution in [0, 0.1) is 0 Å². The van der Waals surface area contributed by atoms with Gasteiger partial charge in [0.2, 0.25) is 0 Å². The Bertz CT molecular complexity index is 989. The molecule has 1 amide bonds. The third-order valence-electron chi connectivity index (χ3n) is 4.20. The lowest BCUT2D eigenvalue weighted by Gasteiger charge is -2.16. The van der Waals surface area contributed by atoms with E-state index in [4.69, 9.17) is 16.3 Å². The van der Waals surface area contributed by atoms with Crippen LogP contribution in [0.25, 0.3) is 11.1 Å². The molecule has 0 aliphatic heterocycles. The van der Waals surface area contributed by atoms with E-state index in [1.807, 2.05) is 42.5 Å². The lowest BCUT2D eigenvalue weighted by molar-refractivity contribution is -0.137. The molecule has 0 bridgehead atoms. The predicted molar refractivity (Wildman–Crippen MR) is 107 cm³/mol. The average molecular weight is 420 g/mol. The molecule has 0 aliphatic rings. The van der Waals surface area contributed by atoms with Crippen molar-refractivity contribution >= 4 is 23.2 Å². The van der Waals surface area contributed by atoms with E-state index < -0.39 is 23.8 Å². The van der Waals surface area contributed by atoms with E-state index in [2.05, 4.69) is 5.32 Å². The molecule has 0 saturated heterocycles. The SMILES string of the molecule is CC(Oc1ccc(-c2ccccc2)cc1)C(=O)Nc1cc(C(F)(F)F)ccc1Cl. The van der Waals surface area contributed by atoms with Crippen LogP contribution in [0.2, 0.25) is 5.02 Å². The summed E-state index contributed by atoms with van der Waals surface area (Å²) < 4.78 is 44.2. The van der Waals surface area contributed by atoms with Crippen LogP contribution in [-0.4, -0.2) is 12.0 Å². The van der Waals surface area contributed by atoms with E-state index in [0.717, 1.165) is 29.3 Å². The summed E-state index contributed by atoms with van der Waals surface area (Å²) in [4.78, 5) is 12.3. The zero-order valence-electron chi connectivity index (χ0n) is 15.3. The van der Waals surface area contributed by atoms with Crippen LogP contribution in [0.3, 0.4) is 0 Å². The second-order valence-electron chi connectivity index (χ2n) is 6.33. The molecule has 0 radical (unpaired) electrons. The Morgan fingerprint density at radius 2 is 1.59 bits per heavy atom. The lowest BCUT2D eigenvalue weighted by Crippen LogP contribution is -2.30. The number of ether oxygens (including phenoxy) is 1. The Labute approximate surface area is 171 Å².